The van der Waals surface area contributed by atoms with Crippen LogP contribution >= 0.6 is 15.9 Å². The van der Waals surface area contributed by atoms with E-state index < -0.39 is 0 Å². The van der Waals surface area contributed by atoms with E-state index in [4.69, 9.17) is 4.74 Å². The Hall–Kier alpha value is -1.07. The molecule has 0 bridgehead atoms. The summed E-state index contributed by atoms with van der Waals surface area (Å²) in [6.45, 7) is 3.90. The Morgan fingerprint density at radius 3 is 2.74 bits per heavy atom. The number of rotatable bonds is 3. The summed E-state index contributed by atoms with van der Waals surface area (Å²) in [5.74, 6) is 0.360. The van der Waals surface area contributed by atoms with E-state index in [-0.39, 0.29) is 23.5 Å². The fourth-order valence-electron chi connectivity index (χ4n) is 2.24. The van der Waals surface area contributed by atoms with Gasteiger partial charge in [-0.1, -0.05) is 29.8 Å². The summed E-state index contributed by atoms with van der Waals surface area (Å²) in [6, 6.07) is 5.28. The normalized spacial score (nSPS) is 24.5. The van der Waals surface area contributed by atoms with E-state index >= 15 is 0 Å². The number of aliphatic hydroxyl groups is 1. The zero-order chi connectivity index (χ0) is 14.2. The smallest absolute Gasteiger partial charge is 0.255 e. The van der Waals surface area contributed by atoms with E-state index in [1.165, 1.54) is 7.11 Å². The van der Waals surface area contributed by atoms with E-state index in [0.29, 0.717) is 17.7 Å². The molecule has 0 radical (unpaired) electrons. The fourth-order valence-corrected chi connectivity index (χ4v) is 2.58. The molecule has 104 valence electrons. The van der Waals surface area contributed by atoms with Gasteiger partial charge in [0.05, 0.1) is 18.8 Å². The first-order chi connectivity index (χ1) is 8.86. The van der Waals surface area contributed by atoms with Gasteiger partial charge in [0.1, 0.15) is 5.75 Å². The summed E-state index contributed by atoms with van der Waals surface area (Å²) in [4.78, 5) is 12.2. The van der Waals surface area contributed by atoms with Crippen LogP contribution in [0.25, 0.3) is 0 Å². The predicted octanol–water partition coefficient (Wildman–Crippen LogP) is 2.35. The molecule has 1 amide bonds. The number of amides is 1. The molecule has 1 aromatic rings. The van der Waals surface area contributed by atoms with Crippen molar-refractivity contribution >= 4 is 21.8 Å². The average Bonchev–Trinajstić information content (AvgIpc) is 2.38. The number of hydrogen-bond acceptors (Lipinski definition) is 3. The molecule has 0 heterocycles. The molecule has 1 aliphatic rings. The van der Waals surface area contributed by atoms with Gasteiger partial charge >= 0.3 is 0 Å². The highest BCUT2D eigenvalue weighted by atomic mass is 79.9. The second-order valence-corrected chi connectivity index (χ2v) is 6.36. The lowest BCUT2D eigenvalue weighted by Crippen LogP contribution is -2.61. The largest absolute Gasteiger partial charge is 0.496 e. The van der Waals surface area contributed by atoms with Crippen molar-refractivity contribution in [2.75, 3.05) is 7.11 Å². The summed E-state index contributed by atoms with van der Waals surface area (Å²) < 4.78 is 6.07. The van der Waals surface area contributed by atoms with Crippen molar-refractivity contribution in [1.82, 2.24) is 5.32 Å². The van der Waals surface area contributed by atoms with Crippen molar-refractivity contribution in [3.05, 3.63) is 28.2 Å². The van der Waals surface area contributed by atoms with Crippen LogP contribution in [-0.2, 0) is 0 Å². The number of hydrogen-bond donors (Lipinski definition) is 2. The second kappa shape index (κ2) is 5.13. The minimum Gasteiger partial charge on any atom is -0.496 e. The zero-order valence-electron chi connectivity index (χ0n) is 11.2. The molecule has 19 heavy (non-hydrogen) atoms. The Balaban J connectivity index is 2.13. The molecule has 1 saturated carbocycles. The molecule has 2 N–H and O–H groups in total. The van der Waals surface area contributed by atoms with Crippen molar-refractivity contribution in [2.24, 2.45) is 5.41 Å². The maximum atomic E-state index is 12.2. The summed E-state index contributed by atoms with van der Waals surface area (Å²) in [7, 11) is 1.54. The minimum absolute atomic E-state index is 0.0108. The quantitative estimate of drug-likeness (QED) is 0.895. The molecule has 2 atom stereocenters. The van der Waals surface area contributed by atoms with Crippen LogP contribution in [-0.4, -0.2) is 30.3 Å². The van der Waals surface area contributed by atoms with Crippen LogP contribution in [0.2, 0.25) is 0 Å². The van der Waals surface area contributed by atoms with Gasteiger partial charge in [-0.15, -0.1) is 0 Å². The Labute approximate surface area is 121 Å². The lowest BCUT2D eigenvalue weighted by atomic mass is 9.64. The standard InChI is InChI=1S/C14H18BrNO3/c1-14(2)11(7-12(14)17)16-13(18)9-5-4-8(15)6-10(9)19-3/h4-6,11-12,17H,7H2,1-3H3,(H,16,18). The van der Waals surface area contributed by atoms with E-state index in [9.17, 15) is 9.90 Å². The number of ether oxygens (including phenoxy) is 1. The van der Waals surface area contributed by atoms with E-state index in [1.807, 2.05) is 13.8 Å². The molecule has 1 fully saturated rings. The lowest BCUT2D eigenvalue weighted by molar-refractivity contribution is -0.0689. The predicted molar refractivity (Wildman–Crippen MR) is 76.4 cm³/mol. The van der Waals surface area contributed by atoms with Crippen LogP contribution in [0.1, 0.15) is 30.6 Å². The first-order valence-corrected chi connectivity index (χ1v) is 6.98. The van der Waals surface area contributed by atoms with Crippen molar-refractivity contribution < 1.29 is 14.6 Å². The summed E-state index contributed by atoms with van der Waals surface area (Å²) >= 11 is 3.34. The molecular weight excluding hydrogens is 310 g/mol. The Kier molecular flexibility index (Phi) is 3.87. The molecule has 0 aliphatic heterocycles. The highest BCUT2D eigenvalue weighted by molar-refractivity contribution is 9.10. The molecule has 2 unspecified atom stereocenters. The molecule has 1 aromatic carbocycles. The Morgan fingerprint density at radius 2 is 2.21 bits per heavy atom. The fraction of sp³-hybridized carbons (Fsp3) is 0.500. The first kappa shape index (κ1) is 14.3. The van der Waals surface area contributed by atoms with Gasteiger partial charge in [0.25, 0.3) is 5.91 Å². The monoisotopic (exact) mass is 327 g/mol. The van der Waals surface area contributed by atoms with Crippen LogP contribution in [0, 0.1) is 5.41 Å². The second-order valence-electron chi connectivity index (χ2n) is 5.44. The number of aliphatic hydroxyl groups excluding tert-OH is 1. The molecular formula is C14H18BrNO3. The van der Waals surface area contributed by atoms with Crippen LogP contribution in [0.4, 0.5) is 0 Å². The number of methoxy groups -OCH3 is 1. The highest BCUT2D eigenvalue weighted by Crippen LogP contribution is 2.40. The third-order valence-corrected chi connectivity index (χ3v) is 4.42. The number of benzene rings is 1. The molecule has 4 nitrogen and oxygen atoms in total. The van der Waals surface area contributed by atoms with Crippen molar-refractivity contribution in [3.63, 3.8) is 0 Å². The van der Waals surface area contributed by atoms with Crippen LogP contribution in [0.3, 0.4) is 0 Å². The van der Waals surface area contributed by atoms with Gasteiger partial charge in [-0.05, 0) is 24.6 Å². The summed E-state index contributed by atoms with van der Waals surface area (Å²) in [5, 5.41) is 12.6. The van der Waals surface area contributed by atoms with Crippen molar-refractivity contribution in [2.45, 2.75) is 32.4 Å². The lowest BCUT2D eigenvalue weighted by Gasteiger charge is -2.49. The number of carbonyl (C=O) groups is 1. The van der Waals surface area contributed by atoms with Gasteiger partial charge in [-0.3, -0.25) is 4.79 Å². The van der Waals surface area contributed by atoms with E-state index in [2.05, 4.69) is 21.2 Å². The summed E-state index contributed by atoms with van der Waals surface area (Å²) in [5.41, 5.74) is 0.223. The maximum Gasteiger partial charge on any atom is 0.255 e. The van der Waals surface area contributed by atoms with Gasteiger partial charge in [-0.2, -0.15) is 0 Å². The Morgan fingerprint density at radius 1 is 1.53 bits per heavy atom. The molecule has 0 spiro atoms. The summed E-state index contributed by atoms with van der Waals surface area (Å²) in [6.07, 6.45) is 0.238. The maximum absolute atomic E-state index is 12.2. The van der Waals surface area contributed by atoms with E-state index in [0.717, 1.165) is 4.47 Å². The molecule has 0 saturated heterocycles. The average molecular weight is 328 g/mol. The molecule has 2 rings (SSSR count). The zero-order valence-corrected chi connectivity index (χ0v) is 12.8. The SMILES string of the molecule is COc1cc(Br)ccc1C(=O)NC1CC(O)C1(C)C. The molecule has 0 aromatic heterocycles. The minimum atomic E-state index is -0.357. The van der Waals surface area contributed by atoms with Crippen LogP contribution in [0.5, 0.6) is 5.75 Å². The van der Waals surface area contributed by atoms with Gasteiger partial charge in [0, 0.05) is 15.9 Å². The molecule has 5 heteroatoms. The number of nitrogens with one attached hydrogen (secondary N) is 1. The van der Waals surface area contributed by atoms with Gasteiger partial charge in [0.2, 0.25) is 0 Å². The number of halogens is 1. The highest BCUT2D eigenvalue weighted by Gasteiger charge is 2.48. The Bertz CT molecular complexity index is 501. The topological polar surface area (TPSA) is 58.6 Å². The van der Waals surface area contributed by atoms with Crippen molar-refractivity contribution in [1.29, 1.82) is 0 Å². The number of carbonyl (C=O) groups excluding carboxylic acids is 1. The van der Waals surface area contributed by atoms with Gasteiger partial charge in [0.15, 0.2) is 0 Å². The van der Waals surface area contributed by atoms with E-state index in [1.54, 1.807) is 18.2 Å². The first-order valence-electron chi connectivity index (χ1n) is 6.18. The van der Waals surface area contributed by atoms with Crippen LogP contribution < -0.4 is 10.1 Å². The third-order valence-electron chi connectivity index (χ3n) is 3.93. The van der Waals surface area contributed by atoms with Gasteiger partial charge in [-0.25, -0.2) is 0 Å². The van der Waals surface area contributed by atoms with Crippen molar-refractivity contribution in [3.8, 4) is 5.75 Å². The van der Waals surface area contributed by atoms with Crippen LogP contribution in [0.15, 0.2) is 22.7 Å². The third kappa shape index (κ3) is 2.62. The molecule has 1 aliphatic carbocycles. The van der Waals surface area contributed by atoms with Gasteiger partial charge < -0.3 is 15.2 Å².